The molecule has 0 radical (unpaired) electrons. The summed E-state index contributed by atoms with van der Waals surface area (Å²) in [7, 11) is 3.23. The van der Waals surface area contributed by atoms with Gasteiger partial charge in [0.2, 0.25) is 0 Å². The maximum absolute atomic E-state index is 14.4. The SMILES string of the molecule is C#C[C@@]1(N)[C@H](C)O[C@@H](O[C@H]2[C@H](C)O[C@@H](O[C@@H]3C(C)=CC[C@@H]4C[C@@H](C[C@]5(C=C[C@H](C)[C@@H](C(C)CC)O5)O4)OC(=O)[C@@H]4C=C(C)[C@@H](O)[C@H]5OCC(=CC=CC3C)[C@]54O)C[C@@H]2OC)C[C@@H]1OC. The summed E-state index contributed by atoms with van der Waals surface area (Å²) in [6, 6.07) is 0. The van der Waals surface area contributed by atoms with Crippen LogP contribution in [0.1, 0.15) is 93.9 Å². The highest BCUT2D eigenvalue weighted by Crippen LogP contribution is 2.47. The molecule has 14 nitrogen and oxygen atoms in total. The van der Waals surface area contributed by atoms with E-state index in [1.165, 1.54) is 0 Å². The highest BCUT2D eigenvalue weighted by molar-refractivity contribution is 5.78. The van der Waals surface area contributed by atoms with Crippen molar-refractivity contribution in [2.75, 3.05) is 20.8 Å². The number of rotatable bonds is 8. The van der Waals surface area contributed by atoms with E-state index < -0.39 is 102 Å². The molecule has 14 heteroatoms. The number of fused-ring (bicyclic) bond motifs is 2. The number of nitrogens with two attached hydrogens (primary N) is 1. The smallest absolute Gasteiger partial charge is 0.316 e. The van der Waals surface area contributed by atoms with Crippen LogP contribution in [-0.4, -0.2) is 134 Å². The van der Waals surface area contributed by atoms with Gasteiger partial charge in [-0.15, -0.1) is 6.42 Å². The van der Waals surface area contributed by atoms with Gasteiger partial charge in [0, 0.05) is 51.7 Å². The summed E-state index contributed by atoms with van der Waals surface area (Å²) in [5, 5.41) is 23.8. The zero-order chi connectivity index (χ0) is 46.3. The molecule has 20 atom stereocenters. The fraction of sp³-hybridized carbons (Fsp3) is 0.740. The number of terminal acetylenes is 1. The lowest BCUT2D eigenvalue weighted by molar-refractivity contribution is -0.314. The Balaban J connectivity index is 1.18. The summed E-state index contributed by atoms with van der Waals surface area (Å²) in [6.07, 6.45) is 14.8. The van der Waals surface area contributed by atoms with Crippen molar-refractivity contribution >= 4 is 5.97 Å². The molecule has 1 spiro atoms. The van der Waals surface area contributed by atoms with Crippen molar-refractivity contribution in [3.8, 4) is 12.3 Å². The number of ether oxygens (including phenoxy) is 10. The van der Waals surface area contributed by atoms with Crippen LogP contribution in [0.3, 0.4) is 0 Å². The van der Waals surface area contributed by atoms with E-state index in [1.807, 2.05) is 39.0 Å². The van der Waals surface area contributed by atoms with Crippen LogP contribution >= 0.6 is 0 Å². The zero-order valence-electron chi connectivity index (χ0n) is 39.3. The van der Waals surface area contributed by atoms with Gasteiger partial charge in [0.25, 0.3) is 0 Å². The summed E-state index contributed by atoms with van der Waals surface area (Å²) >= 11 is 0. The quantitative estimate of drug-likeness (QED) is 0.162. The van der Waals surface area contributed by atoms with Crippen LogP contribution in [0.4, 0.5) is 0 Å². The number of methoxy groups -OCH3 is 2. The van der Waals surface area contributed by atoms with Gasteiger partial charge in [-0.05, 0) is 62.8 Å². The third-order valence-corrected chi connectivity index (χ3v) is 15.1. The second-order valence-electron chi connectivity index (χ2n) is 19.4. The third-order valence-electron chi connectivity index (χ3n) is 15.1. The van der Waals surface area contributed by atoms with Gasteiger partial charge >= 0.3 is 5.97 Å². The first-order valence-corrected chi connectivity index (χ1v) is 23.3. The Hall–Kier alpha value is -2.75. The Bertz CT molecular complexity index is 1870. The number of hydrogen-bond donors (Lipinski definition) is 3. The lowest BCUT2D eigenvalue weighted by atomic mass is 9.71. The highest BCUT2D eigenvalue weighted by atomic mass is 16.7. The van der Waals surface area contributed by atoms with E-state index in [9.17, 15) is 15.0 Å². The predicted molar refractivity (Wildman–Crippen MR) is 237 cm³/mol. The molecule has 6 aliphatic heterocycles. The van der Waals surface area contributed by atoms with Crippen molar-refractivity contribution in [1.82, 2.24) is 0 Å². The minimum absolute atomic E-state index is 0.0281. The number of allylic oxidation sites excluding steroid dienone is 2. The van der Waals surface area contributed by atoms with Gasteiger partial charge in [-0.1, -0.05) is 76.5 Å². The van der Waals surface area contributed by atoms with Crippen molar-refractivity contribution in [2.24, 2.45) is 29.4 Å². The van der Waals surface area contributed by atoms with Gasteiger partial charge in [-0.2, -0.15) is 0 Å². The number of esters is 1. The van der Waals surface area contributed by atoms with Gasteiger partial charge in [0.15, 0.2) is 18.4 Å². The lowest BCUT2D eigenvalue weighted by Crippen LogP contribution is -2.64. The minimum Gasteiger partial charge on any atom is -0.462 e. The van der Waals surface area contributed by atoms with E-state index >= 15 is 0 Å². The molecule has 0 aromatic carbocycles. The Morgan fingerprint density at radius 2 is 1.73 bits per heavy atom. The maximum atomic E-state index is 14.4. The van der Waals surface area contributed by atoms with Crippen LogP contribution < -0.4 is 5.73 Å². The van der Waals surface area contributed by atoms with Crippen molar-refractivity contribution in [2.45, 2.75) is 191 Å². The maximum Gasteiger partial charge on any atom is 0.316 e. The van der Waals surface area contributed by atoms with Crippen molar-refractivity contribution < 1.29 is 62.4 Å². The Kier molecular flexibility index (Phi) is 15.2. The predicted octanol–water partition coefficient (Wildman–Crippen LogP) is 5.35. The molecule has 4 N–H and O–H groups in total. The number of hydrogen-bond acceptors (Lipinski definition) is 14. The van der Waals surface area contributed by atoms with Crippen LogP contribution in [0.5, 0.6) is 0 Å². The molecule has 0 amide bonds. The zero-order valence-corrected chi connectivity index (χ0v) is 39.3. The minimum atomic E-state index is -1.84. The Morgan fingerprint density at radius 1 is 0.984 bits per heavy atom. The van der Waals surface area contributed by atoms with E-state index in [1.54, 1.807) is 33.3 Å². The second kappa shape index (κ2) is 19.8. The van der Waals surface area contributed by atoms with Gasteiger partial charge in [-0.3, -0.25) is 4.79 Å². The molecule has 4 fully saturated rings. The monoisotopic (exact) mass is 896 g/mol. The average Bonchev–Trinajstić information content (AvgIpc) is 3.61. The van der Waals surface area contributed by atoms with Gasteiger partial charge in [0.05, 0.1) is 49.3 Å². The number of aliphatic hydroxyl groups is 2. The molecular weight excluding hydrogens is 823 g/mol. The summed E-state index contributed by atoms with van der Waals surface area (Å²) in [4.78, 5) is 14.4. The van der Waals surface area contributed by atoms with E-state index in [4.69, 9.17) is 59.5 Å². The van der Waals surface area contributed by atoms with Crippen LogP contribution in [-0.2, 0) is 52.2 Å². The first kappa shape index (κ1) is 49.2. The molecule has 0 aromatic rings. The van der Waals surface area contributed by atoms with Crippen LogP contribution in [0.25, 0.3) is 0 Å². The number of carbonyl (C=O) groups is 1. The van der Waals surface area contributed by atoms with E-state index in [-0.39, 0.29) is 30.5 Å². The first-order valence-electron chi connectivity index (χ1n) is 23.3. The molecule has 2 unspecified atom stereocenters. The van der Waals surface area contributed by atoms with E-state index in [0.29, 0.717) is 43.3 Å². The van der Waals surface area contributed by atoms with Crippen LogP contribution in [0, 0.1) is 36.0 Å². The summed E-state index contributed by atoms with van der Waals surface area (Å²) in [5.74, 6) is 0.0694. The average molecular weight is 896 g/mol. The molecule has 0 saturated carbocycles. The molecule has 6 heterocycles. The summed E-state index contributed by atoms with van der Waals surface area (Å²) < 4.78 is 64.2. The number of carbonyl (C=O) groups excluding carboxylic acids is 1. The molecule has 356 valence electrons. The van der Waals surface area contributed by atoms with Gasteiger partial charge < -0.3 is 63.3 Å². The largest absolute Gasteiger partial charge is 0.462 e. The van der Waals surface area contributed by atoms with Crippen LogP contribution in [0.15, 0.2) is 59.3 Å². The third kappa shape index (κ3) is 9.53. The van der Waals surface area contributed by atoms with Crippen molar-refractivity contribution in [1.29, 1.82) is 0 Å². The molecule has 7 rings (SSSR count). The molecule has 2 bridgehead atoms. The molecule has 1 aliphatic carbocycles. The van der Waals surface area contributed by atoms with E-state index in [2.05, 4.69) is 45.8 Å². The van der Waals surface area contributed by atoms with Crippen molar-refractivity contribution in [3.05, 3.63) is 59.3 Å². The molecule has 7 aliphatic rings. The second-order valence-corrected chi connectivity index (χ2v) is 19.4. The van der Waals surface area contributed by atoms with Gasteiger partial charge in [0.1, 0.15) is 41.5 Å². The summed E-state index contributed by atoms with van der Waals surface area (Å²) in [5.41, 5.74) is 5.53. The topological polar surface area (TPSA) is 176 Å². The molecule has 64 heavy (non-hydrogen) atoms. The Morgan fingerprint density at radius 3 is 2.44 bits per heavy atom. The fourth-order valence-corrected chi connectivity index (χ4v) is 10.8. The van der Waals surface area contributed by atoms with Crippen molar-refractivity contribution in [3.63, 3.8) is 0 Å². The Labute approximate surface area is 379 Å². The standard InChI is InChI=1S/C50H73NO13/c1-12-27(3)44-30(6)19-20-48(64-44)25-36-22-35(63-48)18-17-29(5)43(28(4)15-14-16-34-26-57-46-42(52)31(7)21-37(47(53)60-36)50(34,46)54)61-40-23-38(55-10)45(32(8)58-40)62-41-24-39(56-11)49(51,13-2)33(9)59-41/h2,14-17,19-21,27-28,30,32-33,35-46,52,54H,12,18,22-26,51H2,1,3-11H3/t27?,28?,30-,32-,33-,35+,36-,37-,38-,39-,40-,41-,42+,43-,44+,45-,46+,48+,49+,50+/m0/s1. The molecule has 0 aromatic heterocycles. The number of aliphatic hydroxyl groups excluding tert-OH is 1. The first-order chi connectivity index (χ1) is 30.4. The van der Waals surface area contributed by atoms with Crippen LogP contribution in [0.2, 0.25) is 0 Å². The van der Waals surface area contributed by atoms with Gasteiger partial charge in [-0.25, -0.2) is 0 Å². The highest BCUT2D eigenvalue weighted by Gasteiger charge is 2.60. The normalized spacial score (nSPS) is 46.9. The summed E-state index contributed by atoms with van der Waals surface area (Å²) in [6.45, 7) is 16.1. The van der Waals surface area contributed by atoms with E-state index in [0.717, 1.165) is 12.0 Å². The molecule has 4 saturated heterocycles. The molecular formula is C50H73NO13. The fourth-order valence-electron chi connectivity index (χ4n) is 10.8. The lowest BCUT2D eigenvalue weighted by Gasteiger charge is -2.48.